The van der Waals surface area contributed by atoms with Crippen LogP contribution in [0, 0.1) is 17.5 Å². The molecule has 0 saturated heterocycles. The van der Waals surface area contributed by atoms with Crippen molar-refractivity contribution in [3.8, 4) is 0 Å². The number of aromatic nitrogens is 2. The molecule has 7 heteroatoms. The Bertz CT molecular complexity index is 928. The van der Waals surface area contributed by atoms with Crippen LogP contribution in [-0.4, -0.2) is 22.8 Å². The monoisotopic (exact) mass is 317 g/mol. The maximum Gasteiger partial charge on any atom is 0.199 e. The lowest BCUT2D eigenvalue weighted by Crippen LogP contribution is -2.11. The minimum atomic E-state index is -1.52. The van der Waals surface area contributed by atoms with Crippen LogP contribution in [0.5, 0.6) is 0 Å². The van der Waals surface area contributed by atoms with Crippen molar-refractivity contribution < 1.29 is 18.0 Å². The van der Waals surface area contributed by atoms with Crippen molar-refractivity contribution in [2.45, 2.75) is 0 Å². The van der Waals surface area contributed by atoms with Gasteiger partial charge in [0.1, 0.15) is 0 Å². The molecule has 0 aliphatic rings. The van der Waals surface area contributed by atoms with Gasteiger partial charge in [-0.3, -0.25) is 14.8 Å². The minimum absolute atomic E-state index is 0.0107. The molecular formula is C16H10F3N3O. The van der Waals surface area contributed by atoms with Crippen molar-refractivity contribution in [3.05, 3.63) is 65.2 Å². The molecule has 23 heavy (non-hydrogen) atoms. The zero-order chi connectivity index (χ0) is 16.6. The zero-order valence-electron chi connectivity index (χ0n) is 11.9. The molecule has 0 unspecified atom stereocenters. The zero-order valence-corrected chi connectivity index (χ0v) is 11.9. The molecule has 3 aromatic rings. The molecule has 0 radical (unpaired) electrons. The number of nitrogens with one attached hydrogen (secondary N) is 1. The Labute approximate surface area is 129 Å². The summed E-state index contributed by atoms with van der Waals surface area (Å²) < 4.78 is 41.8. The van der Waals surface area contributed by atoms with Gasteiger partial charge in [-0.1, -0.05) is 0 Å². The molecule has 0 bridgehead atoms. The molecule has 0 aliphatic heterocycles. The molecule has 116 valence electrons. The van der Waals surface area contributed by atoms with Crippen molar-refractivity contribution in [2.24, 2.45) is 0 Å². The van der Waals surface area contributed by atoms with Crippen LogP contribution in [-0.2, 0) is 0 Å². The number of ketones is 1. The summed E-state index contributed by atoms with van der Waals surface area (Å²) in [6.45, 7) is 0. The van der Waals surface area contributed by atoms with Crippen molar-refractivity contribution in [1.82, 2.24) is 9.97 Å². The van der Waals surface area contributed by atoms with Crippen molar-refractivity contribution in [1.29, 1.82) is 0 Å². The molecule has 0 aliphatic carbocycles. The van der Waals surface area contributed by atoms with Gasteiger partial charge < -0.3 is 5.32 Å². The molecule has 0 atom stereocenters. The predicted molar refractivity (Wildman–Crippen MR) is 78.8 cm³/mol. The number of benzene rings is 2. The number of halogens is 3. The van der Waals surface area contributed by atoms with Gasteiger partial charge in [0.15, 0.2) is 23.2 Å². The van der Waals surface area contributed by atoms with Gasteiger partial charge >= 0.3 is 0 Å². The van der Waals surface area contributed by atoms with Gasteiger partial charge in [0, 0.05) is 31.1 Å². The molecule has 2 aromatic carbocycles. The molecular weight excluding hydrogens is 307 g/mol. The number of hydrogen-bond acceptors (Lipinski definition) is 4. The Balaban J connectivity index is 2.17. The first-order valence-corrected chi connectivity index (χ1v) is 6.63. The predicted octanol–water partition coefficient (Wildman–Crippen LogP) is 3.32. The number of anilines is 1. The summed E-state index contributed by atoms with van der Waals surface area (Å²) in [5.74, 6) is -4.94. The summed E-state index contributed by atoms with van der Waals surface area (Å²) in [6, 6.07) is 4.88. The van der Waals surface area contributed by atoms with Crippen LogP contribution in [0.1, 0.15) is 15.9 Å². The minimum Gasteiger partial charge on any atom is -0.386 e. The molecule has 4 nitrogen and oxygen atoms in total. The van der Waals surface area contributed by atoms with Gasteiger partial charge in [-0.15, -0.1) is 0 Å². The maximum absolute atomic E-state index is 14.2. The van der Waals surface area contributed by atoms with E-state index in [9.17, 15) is 18.0 Å². The Hall–Kier alpha value is -2.96. The third-order valence-electron chi connectivity index (χ3n) is 3.38. The molecule has 0 fully saturated rings. The molecule has 0 saturated carbocycles. The summed E-state index contributed by atoms with van der Waals surface area (Å²) >= 11 is 0. The third-order valence-corrected chi connectivity index (χ3v) is 3.38. The van der Waals surface area contributed by atoms with Crippen LogP contribution in [0.4, 0.5) is 18.9 Å². The van der Waals surface area contributed by atoms with Gasteiger partial charge in [0.2, 0.25) is 0 Å². The molecule has 1 heterocycles. The molecule has 1 aromatic heterocycles. The summed E-state index contributed by atoms with van der Waals surface area (Å²) in [4.78, 5) is 20.5. The lowest BCUT2D eigenvalue weighted by Gasteiger charge is -2.10. The lowest BCUT2D eigenvalue weighted by atomic mass is 10.0. The van der Waals surface area contributed by atoms with E-state index in [0.29, 0.717) is 17.1 Å². The molecule has 1 N–H and O–H groups in total. The highest BCUT2D eigenvalue weighted by atomic mass is 19.2. The summed E-state index contributed by atoms with van der Waals surface area (Å²) in [5, 5.41) is 2.38. The van der Waals surface area contributed by atoms with Crippen LogP contribution in [0.15, 0.2) is 36.7 Å². The van der Waals surface area contributed by atoms with Crippen LogP contribution >= 0.6 is 0 Å². The van der Waals surface area contributed by atoms with E-state index in [0.717, 1.165) is 0 Å². The van der Waals surface area contributed by atoms with Crippen LogP contribution in [0.3, 0.4) is 0 Å². The van der Waals surface area contributed by atoms with Crippen molar-refractivity contribution in [3.63, 3.8) is 0 Å². The standard InChI is InChI=1S/C16H10F3N3O/c1-20-12-7-9(17)14(18)13(15(12)19)16(23)8-2-3-10-11(6-8)22-5-4-21-10/h2-7,20H,1H3. The van der Waals surface area contributed by atoms with Crippen LogP contribution < -0.4 is 5.32 Å². The number of carbonyl (C=O) groups excluding carboxylic acids is 1. The van der Waals surface area contributed by atoms with Crippen LogP contribution in [0.2, 0.25) is 0 Å². The fourth-order valence-electron chi connectivity index (χ4n) is 2.23. The van der Waals surface area contributed by atoms with Gasteiger partial charge in [-0.25, -0.2) is 13.2 Å². The first-order chi connectivity index (χ1) is 11.0. The Kier molecular flexibility index (Phi) is 3.69. The van der Waals surface area contributed by atoms with Gasteiger partial charge in [-0.2, -0.15) is 0 Å². The highest BCUT2D eigenvalue weighted by molar-refractivity contribution is 6.11. The van der Waals surface area contributed by atoms with E-state index in [4.69, 9.17) is 0 Å². The second-order valence-electron chi connectivity index (χ2n) is 4.75. The molecule has 0 amide bonds. The molecule has 0 spiro atoms. The van der Waals surface area contributed by atoms with E-state index < -0.39 is 28.8 Å². The van der Waals surface area contributed by atoms with E-state index in [1.165, 1.54) is 37.6 Å². The number of hydrogen-bond donors (Lipinski definition) is 1. The van der Waals surface area contributed by atoms with Gasteiger partial charge in [0.05, 0.1) is 22.3 Å². The van der Waals surface area contributed by atoms with Crippen molar-refractivity contribution in [2.75, 3.05) is 12.4 Å². The third kappa shape index (κ3) is 2.50. The summed E-state index contributed by atoms with van der Waals surface area (Å²) in [5.41, 5.74) is -0.335. The quantitative estimate of drug-likeness (QED) is 0.595. The average molecular weight is 317 g/mol. The van der Waals surface area contributed by atoms with Crippen molar-refractivity contribution >= 4 is 22.5 Å². The fourth-order valence-corrected chi connectivity index (χ4v) is 2.23. The van der Waals surface area contributed by atoms with Gasteiger partial charge in [-0.05, 0) is 18.2 Å². The number of nitrogens with zero attached hydrogens (tertiary/aromatic N) is 2. The highest BCUT2D eigenvalue weighted by Gasteiger charge is 2.25. The first-order valence-electron chi connectivity index (χ1n) is 6.63. The highest BCUT2D eigenvalue weighted by Crippen LogP contribution is 2.26. The second kappa shape index (κ2) is 5.68. The topological polar surface area (TPSA) is 54.9 Å². The van der Waals surface area contributed by atoms with E-state index in [-0.39, 0.29) is 11.3 Å². The SMILES string of the molecule is CNc1cc(F)c(F)c(C(=O)c2ccc3nccnc3c2)c1F. The summed E-state index contributed by atoms with van der Waals surface area (Å²) in [6.07, 6.45) is 2.91. The van der Waals surface area contributed by atoms with Gasteiger partial charge in [0.25, 0.3) is 0 Å². The smallest absolute Gasteiger partial charge is 0.199 e. The number of fused-ring (bicyclic) bond motifs is 1. The number of rotatable bonds is 3. The van der Waals surface area contributed by atoms with Crippen LogP contribution in [0.25, 0.3) is 11.0 Å². The lowest BCUT2D eigenvalue weighted by molar-refractivity contribution is 0.103. The first kappa shape index (κ1) is 15.0. The van der Waals surface area contributed by atoms with E-state index in [1.54, 1.807) is 0 Å². The normalized spacial score (nSPS) is 10.8. The van der Waals surface area contributed by atoms with E-state index >= 15 is 0 Å². The molecule has 3 rings (SSSR count). The Morgan fingerprint density at radius 1 is 1.00 bits per heavy atom. The van der Waals surface area contributed by atoms with E-state index in [1.807, 2.05) is 0 Å². The second-order valence-corrected chi connectivity index (χ2v) is 4.75. The number of carbonyl (C=O) groups is 1. The average Bonchev–Trinajstić information content (AvgIpc) is 2.57. The Morgan fingerprint density at radius 2 is 1.70 bits per heavy atom. The van der Waals surface area contributed by atoms with E-state index in [2.05, 4.69) is 15.3 Å². The largest absolute Gasteiger partial charge is 0.386 e. The Morgan fingerprint density at radius 3 is 2.39 bits per heavy atom. The maximum atomic E-state index is 14.2. The summed E-state index contributed by atoms with van der Waals surface area (Å²) in [7, 11) is 1.34. The fraction of sp³-hybridized carbons (Fsp3) is 0.0625.